The first-order valence-corrected chi connectivity index (χ1v) is 9.49. The lowest BCUT2D eigenvalue weighted by molar-refractivity contribution is -0.128. The summed E-state index contributed by atoms with van der Waals surface area (Å²) in [5.74, 6) is -0.233. The molecule has 0 spiro atoms. The summed E-state index contributed by atoms with van der Waals surface area (Å²) in [6.07, 6.45) is 0.618. The van der Waals surface area contributed by atoms with Crippen LogP contribution >= 0.6 is 12.2 Å². The van der Waals surface area contributed by atoms with Gasteiger partial charge in [0.2, 0.25) is 0 Å². The van der Waals surface area contributed by atoms with Crippen molar-refractivity contribution in [3.63, 3.8) is 0 Å². The van der Waals surface area contributed by atoms with Crippen LogP contribution in [0.5, 0.6) is 0 Å². The van der Waals surface area contributed by atoms with Crippen LogP contribution in [0, 0.1) is 5.82 Å². The van der Waals surface area contributed by atoms with Gasteiger partial charge in [0.15, 0.2) is 5.11 Å². The van der Waals surface area contributed by atoms with E-state index in [0.29, 0.717) is 18.1 Å². The van der Waals surface area contributed by atoms with Crippen molar-refractivity contribution in [2.45, 2.75) is 25.4 Å². The van der Waals surface area contributed by atoms with Gasteiger partial charge in [-0.15, -0.1) is 0 Å². The maximum atomic E-state index is 13.5. The van der Waals surface area contributed by atoms with E-state index in [1.807, 2.05) is 30.0 Å². The lowest BCUT2D eigenvalue weighted by Gasteiger charge is -2.37. The molecular weight excluding hydrogens is 361 g/mol. The third kappa shape index (κ3) is 2.26. The summed E-state index contributed by atoms with van der Waals surface area (Å²) in [5, 5.41) is 1.68. The number of benzene rings is 2. The Morgan fingerprint density at radius 3 is 2.67 bits per heavy atom. The number of nitrogens with one attached hydrogen (secondary N) is 1. The van der Waals surface area contributed by atoms with Gasteiger partial charge in [0.25, 0.3) is 5.91 Å². The van der Waals surface area contributed by atoms with E-state index in [2.05, 4.69) is 11.1 Å². The van der Waals surface area contributed by atoms with Crippen LogP contribution in [-0.2, 0) is 11.2 Å². The van der Waals surface area contributed by atoms with Gasteiger partial charge < -0.3 is 9.88 Å². The summed E-state index contributed by atoms with van der Waals surface area (Å²) in [5.41, 5.74) is 4.14. The molecule has 6 heteroatoms. The van der Waals surface area contributed by atoms with Crippen molar-refractivity contribution in [2.75, 3.05) is 6.54 Å². The number of fused-ring (bicyclic) bond motifs is 4. The molecule has 0 unspecified atom stereocenters. The van der Waals surface area contributed by atoms with Gasteiger partial charge in [-0.2, -0.15) is 0 Å². The summed E-state index contributed by atoms with van der Waals surface area (Å²) in [7, 11) is 0. The van der Waals surface area contributed by atoms with Gasteiger partial charge in [0.05, 0.1) is 6.04 Å². The number of carbonyl (C=O) groups excluding carboxylic acids is 1. The third-order valence-electron chi connectivity index (χ3n) is 5.64. The summed E-state index contributed by atoms with van der Waals surface area (Å²) >= 11 is 5.67. The summed E-state index contributed by atoms with van der Waals surface area (Å²) in [4.78, 5) is 20.2. The number of carbonyl (C=O) groups is 1. The van der Waals surface area contributed by atoms with Gasteiger partial charge >= 0.3 is 0 Å². The van der Waals surface area contributed by atoms with E-state index in [9.17, 15) is 9.18 Å². The van der Waals surface area contributed by atoms with E-state index in [-0.39, 0.29) is 23.8 Å². The molecule has 1 N–H and O–H groups in total. The molecule has 0 saturated carbocycles. The lowest BCUT2D eigenvalue weighted by Crippen LogP contribution is -2.44. The fourth-order valence-electron chi connectivity index (χ4n) is 4.41. The summed E-state index contributed by atoms with van der Waals surface area (Å²) in [6, 6.07) is 14.0. The smallest absolute Gasteiger partial charge is 0.251 e. The van der Waals surface area contributed by atoms with Crippen molar-refractivity contribution >= 4 is 34.1 Å². The Balaban J connectivity index is 1.75. The first-order chi connectivity index (χ1) is 13.1. The van der Waals surface area contributed by atoms with Crippen LogP contribution in [0.25, 0.3) is 10.9 Å². The largest absolute Gasteiger partial charge is 0.356 e. The number of para-hydroxylation sites is 1. The number of aromatic amines is 1. The zero-order valence-electron chi connectivity index (χ0n) is 14.8. The normalized spacial score (nSPS) is 21.7. The Bertz CT molecular complexity index is 1070. The summed E-state index contributed by atoms with van der Waals surface area (Å²) < 4.78 is 13.5. The molecule has 136 valence electrons. The van der Waals surface area contributed by atoms with Crippen LogP contribution in [0.15, 0.2) is 48.5 Å². The second-order valence-corrected chi connectivity index (χ2v) is 7.37. The number of halogens is 1. The quantitative estimate of drug-likeness (QED) is 0.689. The first kappa shape index (κ1) is 16.4. The van der Waals surface area contributed by atoms with E-state index in [4.69, 9.17) is 12.2 Å². The number of hydrogen-bond acceptors (Lipinski definition) is 2. The van der Waals surface area contributed by atoms with Crippen LogP contribution < -0.4 is 0 Å². The fraction of sp³-hybridized carbons (Fsp3) is 0.238. The van der Waals surface area contributed by atoms with E-state index in [1.54, 1.807) is 17.0 Å². The van der Waals surface area contributed by atoms with Gasteiger partial charge in [-0.25, -0.2) is 4.39 Å². The standard InChI is InChI=1S/C21H18FN3OS/c1-2-24-20(26)17-11-15-14-5-3-4-6-16(14)23-18(15)19(25(17)21(24)27)12-7-9-13(22)10-8-12/h3-10,17,19,23H,2,11H2,1H3/t17-,19+/m1/s1. The number of H-pyrrole nitrogens is 1. The minimum Gasteiger partial charge on any atom is -0.356 e. The minimum absolute atomic E-state index is 0.0468. The molecule has 1 fully saturated rings. The third-order valence-corrected chi connectivity index (χ3v) is 6.07. The van der Waals surface area contributed by atoms with Gasteiger partial charge in [-0.3, -0.25) is 9.69 Å². The van der Waals surface area contributed by atoms with Crippen LogP contribution in [0.4, 0.5) is 4.39 Å². The molecule has 1 amide bonds. The van der Waals surface area contributed by atoms with E-state index in [0.717, 1.165) is 27.7 Å². The van der Waals surface area contributed by atoms with Crippen molar-refractivity contribution in [3.8, 4) is 0 Å². The average Bonchev–Trinajstić information content (AvgIpc) is 3.16. The van der Waals surface area contributed by atoms with Crippen molar-refractivity contribution < 1.29 is 9.18 Å². The Kier molecular flexibility index (Phi) is 3.59. The molecule has 2 atom stereocenters. The molecular formula is C21H18FN3OS. The Labute approximate surface area is 161 Å². The van der Waals surface area contributed by atoms with E-state index < -0.39 is 0 Å². The topological polar surface area (TPSA) is 39.3 Å². The SMILES string of the molecule is CCN1C(=O)[C@H]2Cc3c([nH]c4ccccc34)[C@H](c3ccc(F)cc3)N2C1=S. The molecule has 2 aliphatic heterocycles. The molecule has 4 nitrogen and oxygen atoms in total. The molecule has 2 aromatic carbocycles. The lowest BCUT2D eigenvalue weighted by atomic mass is 9.89. The van der Waals surface area contributed by atoms with Crippen LogP contribution in [-0.4, -0.2) is 38.4 Å². The van der Waals surface area contributed by atoms with Crippen molar-refractivity contribution in [2.24, 2.45) is 0 Å². The van der Waals surface area contributed by atoms with Crippen molar-refractivity contribution in [1.29, 1.82) is 0 Å². The van der Waals surface area contributed by atoms with Gasteiger partial charge in [-0.05, 0) is 48.5 Å². The Morgan fingerprint density at radius 2 is 1.93 bits per heavy atom. The maximum Gasteiger partial charge on any atom is 0.251 e. The number of amides is 1. The fourth-order valence-corrected chi connectivity index (χ4v) is 4.86. The predicted octanol–water partition coefficient (Wildman–Crippen LogP) is 3.77. The highest BCUT2D eigenvalue weighted by atomic mass is 32.1. The number of rotatable bonds is 2. The number of hydrogen-bond donors (Lipinski definition) is 1. The average molecular weight is 379 g/mol. The number of thiocarbonyl (C=S) groups is 1. The molecule has 1 saturated heterocycles. The highest BCUT2D eigenvalue weighted by Crippen LogP contribution is 2.43. The minimum atomic E-state index is -0.320. The molecule has 0 bridgehead atoms. The van der Waals surface area contributed by atoms with Gasteiger partial charge in [0.1, 0.15) is 11.9 Å². The summed E-state index contributed by atoms with van der Waals surface area (Å²) in [6.45, 7) is 2.49. The number of nitrogens with zero attached hydrogens (tertiary/aromatic N) is 2. The highest BCUT2D eigenvalue weighted by molar-refractivity contribution is 7.80. The van der Waals surface area contributed by atoms with Gasteiger partial charge in [-0.1, -0.05) is 30.3 Å². The molecule has 5 rings (SSSR count). The van der Waals surface area contributed by atoms with Crippen LogP contribution in [0.1, 0.15) is 29.8 Å². The molecule has 2 aliphatic rings. The molecule has 1 aromatic heterocycles. The molecule has 0 aliphatic carbocycles. The van der Waals surface area contributed by atoms with Crippen LogP contribution in [0.2, 0.25) is 0 Å². The number of likely N-dealkylation sites (N-methyl/N-ethyl adjacent to an activating group) is 1. The second kappa shape index (κ2) is 5.89. The van der Waals surface area contributed by atoms with Crippen molar-refractivity contribution in [3.05, 3.63) is 71.2 Å². The van der Waals surface area contributed by atoms with Gasteiger partial charge in [0, 0.05) is 29.6 Å². The highest BCUT2D eigenvalue weighted by Gasteiger charge is 2.49. The van der Waals surface area contributed by atoms with Crippen molar-refractivity contribution in [1.82, 2.24) is 14.8 Å². The zero-order chi connectivity index (χ0) is 18.7. The Morgan fingerprint density at radius 1 is 1.19 bits per heavy atom. The monoisotopic (exact) mass is 379 g/mol. The molecule has 3 aromatic rings. The first-order valence-electron chi connectivity index (χ1n) is 9.08. The molecule has 27 heavy (non-hydrogen) atoms. The number of aromatic nitrogens is 1. The Hall–Kier alpha value is -2.73. The predicted molar refractivity (Wildman–Crippen MR) is 106 cm³/mol. The zero-order valence-corrected chi connectivity index (χ0v) is 15.6. The molecule has 0 radical (unpaired) electrons. The van der Waals surface area contributed by atoms with E-state index in [1.165, 1.54) is 12.1 Å². The van der Waals surface area contributed by atoms with E-state index >= 15 is 0 Å². The second-order valence-electron chi connectivity index (χ2n) is 7.01. The molecule has 3 heterocycles. The maximum absolute atomic E-state index is 13.5. The van der Waals surface area contributed by atoms with Crippen LogP contribution in [0.3, 0.4) is 0 Å².